The highest BCUT2D eigenvalue weighted by molar-refractivity contribution is 7.99. The summed E-state index contributed by atoms with van der Waals surface area (Å²) in [6.07, 6.45) is 2.88. The molecule has 0 bridgehead atoms. The Morgan fingerprint density at radius 1 is 1.24 bits per heavy atom. The molecule has 1 aliphatic rings. The molecule has 1 aromatic carbocycles. The molecule has 1 aliphatic heterocycles. The molecule has 1 heterocycles. The van der Waals surface area contributed by atoms with Crippen molar-refractivity contribution in [3.63, 3.8) is 0 Å². The molecule has 0 saturated carbocycles. The number of benzene rings is 1. The Morgan fingerprint density at radius 3 is 2.52 bits per heavy atom. The maximum Gasteiger partial charge on any atom is 0.222 e. The van der Waals surface area contributed by atoms with Gasteiger partial charge in [0.2, 0.25) is 5.91 Å². The summed E-state index contributed by atoms with van der Waals surface area (Å²) in [6, 6.07) is 8.19. The average molecular weight is 364 g/mol. The van der Waals surface area contributed by atoms with E-state index in [-0.39, 0.29) is 0 Å². The molecule has 140 valence electrons. The van der Waals surface area contributed by atoms with Crippen molar-refractivity contribution >= 4 is 17.7 Å². The number of carbonyl (C=O) groups is 1. The molecular formula is C21H33NO2S. The number of carbonyl (C=O) groups excluding carboxylic acids is 1. The number of thioether (sulfide) groups is 1. The number of rotatable bonds is 6. The first kappa shape index (κ1) is 20.2. The summed E-state index contributed by atoms with van der Waals surface area (Å²) in [5.41, 5.74) is 0.298. The zero-order valence-corrected chi connectivity index (χ0v) is 17.2. The molecule has 2 rings (SSSR count). The van der Waals surface area contributed by atoms with Crippen LogP contribution in [0.2, 0.25) is 0 Å². The molecule has 0 radical (unpaired) electrons. The minimum atomic E-state index is 0.298. The van der Waals surface area contributed by atoms with Crippen molar-refractivity contribution in [1.29, 1.82) is 0 Å². The highest BCUT2D eigenvalue weighted by Gasteiger charge is 2.30. The van der Waals surface area contributed by atoms with Crippen molar-refractivity contribution < 1.29 is 9.53 Å². The lowest BCUT2D eigenvalue weighted by Gasteiger charge is -2.30. The molecule has 1 saturated heterocycles. The van der Waals surface area contributed by atoms with Crippen LogP contribution in [0, 0.1) is 17.3 Å². The number of amides is 1. The summed E-state index contributed by atoms with van der Waals surface area (Å²) < 4.78 is 5.20. The van der Waals surface area contributed by atoms with E-state index in [9.17, 15) is 4.79 Å². The van der Waals surface area contributed by atoms with E-state index in [2.05, 4.69) is 44.7 Å². The van der Waals surface area contributed by atoms with Crippen LogP contribution in [0.3, 0.4) is 0 Å². The SMILES string of the molecule is COc1ccc(SC[C@H](C)CN2CC[C@H](C(C)(C)C)CCC2=O)cc1. The van der Waals surface area contributed by atoms with E-state index in [0.29, 0.717) is 29.6 Å². The van der Waals surface area contributed by atoms with E-state index in [1.807, 2.05) is 23.9 Å². The monoisotopic (exact) mass is 363 g/mol. The molecule has 0 N–H and O–H groups in total. The Morgan fingerprint density at radius 2 is 1.92 bits per heavy atom. The van der Waals surface area contributed by atoms with Gasteiger partial charge in [0.15, 0.2) is 0 Å². The summed E-state index contributed by atoms with van der Waals surface area (Å²) >= 11 is 1.85. The van der Waals surface area contributed by atoms with E-state index in [1.54, 1.807) is 7.11 Å². The fourth-order valence-corrected chi connectivity index (χ4v) is 4.35. The van der Waals surface area contributed by atoms with Gasteiger partial charge in [-0.3, -0.25) is 4.79 Å². The smallest absolute Gasteiger partial charge is 0.222 e. The molecule has 0 spiro atoms. The Hall–Kier alpha value is -1.16. The fraction of sp³-hybridized carbons (Fsp3) is 0.667. The van der Waals surface area contributed by atoms with Crippen LogP contribution in [0.4, 0.5) is 0 Å². The second-order valence-corrected chi connectivity index (χ2v) is 9.42. The van der Waals surface area contributed by atoms with E-state index in [1.165, 1.54) is 4.90 Å². The van der Waals surface area contributed by atoms with Crippen LogP contribution in [0.15, 0.2) is 29.2 Å². The molecule has 25 heavy (non-hydrogen) atoms. The first-order valence-corrected chi connectivity index (χ1v) is 10.3. The molecule has 2 atom stereocenters. The largest absolute Gasteiger partial charge is 0.497 e. The van der Waals surface area contributed by atoms with Gasteiger partial charge in [0.25, 0.3) is 0 Å². The lowest BCUT2D eigenvalue weighted by molar-refractivity contribution is -0.131. The topological polar surface area (TPSA) is 29.5 Å². The van der Waals surface area contributed by atoms with Gasteiger partial charge in [0.05, 0.1) is 7.11 Å². The van der Waals surface area contributed by atoms with Gasteiger partial charge < -0.3 is 9.64 Å². The number of nitrogens with zero attached hydrogens (tertiary/aromatic N) is 1. The van der Waals surface area contributed by atoms with E-state index in [0.717, 1.165) is 37.4 Å². The van der Waals surface area contributed by atoms with Crippen molar-refractivity contribution in [2.75, 3.05) is 26.0 Å². The van der Waals surface area contributed by atoms with E-state index >= 15 is 0 Å². The maximum atomic E-state index is 12.5. The van der Waals surface area contributed by atoms with Crippen LogP contribution < -0.4 is 4.74 Å². The lowest BCUT2D eigenvalue weighted by Crippen LogP contribution is -2.35. The van der Waals surface area contributed by atoms with Crippen LogP contribution in [0.25, 0.3) is 0 Å². The Balaban J connectivity index is 1.82. The molecule has 1 amide bonds. The van der Waals surface area contributed by atoms with Crippen LogP contribution >= 0.6 is 11.8 Å². The third-order valence-corrected chi connectivity index (χ3v) is 6.50. The fourth-order valence-electron chi connectivity index (χ4n) is 3.44. The minimum absolute atomic E-state index is 0.298. The Labute approximate surface area is 157 Å². The number of hydrogen-bond donors (Lipinski definition) is 0. The quantitative estimate of drug-likeness (QED) is 0.659. The minimum Gasteiger partial charge on any atom is -0.497 e. The predicted molar refractivity (Wildman–Crippen MR) is 106 cm³/mol. The molecule has 0 aromatic heterocycles. The molecule has 1 fully saturated rings. The van der Waals surface area contributed by atoms with Crippen LogP contribution in [-0.2, 0) is 4.79 Å². The van der Waals surface area contributed by atoms with E-state index in [4.69, 9.17) is 4.74 Å². The summed E-state index contributed by atoms with van der Waals surface area (Å²) in [4.78, 5) is 15.8. The zero-order chi connectivity index (χ0) is 18.4. The number of methoxy groups -OCH3 is 1. The number of likely N-dealkylation sites (tertiary alicyclic amines) is 1. The molecular weight excluding hydrogens is 330 g/mol. The standard InChI is InChI=1S/C21H33NO2S/c1-16(15-25-19-9-7-18(24-5)8-10-19)14-22-13-12-17(21(2,3)4)6-11-20(22)23/h7-10,16-17H,6,11-15H2,1-5H3/t16-,17-/m1/s1. The van der Waals surface area contributed by atoms with Crippen LogP contribution in [-0.4, -0.2) is 36.8 Å². The highest BCUT2D eigenvalue weighted by atomic mass is 32.2. The zero-order valence-electron chi connectivity index (χ0n) is 16.4. The van der Waals surface area contributed by atoms with Crippen LogP contribution in [0.5, 0.6) is 5.75 Å². The van der Waals surface area contributed by atoms with Crippen LogP contribution in [0.1, 0.15) is 47.0 Å². The molecule has 1 aromatic rings. The second-order valence-electron chi connectivity index (χ2n) is 8.32. The summed E-state index contributed by atoms with van der Waals surface area (Å²) in [7, 11) is 1.69. The van der Waals surface area contributed by atoms with Gasteiger partial charge in [-0.2, -0.15) is 0 Å². The second kappa shape index (κ2) is 8.98. The first-order valence-electron chi connectivity index (χ1n) is 9.34. The Kier molecular flexibility index (Phi) is 7.24. The third-order valence-electron chi connectivity index (χ3n) is 5.16. The lowest BCUT2D eigenvalue weighted by atomic mass is 9.77. The van der Waals surface area contributed by atoms with Gasteiger partial charge in [-0.05, 0) is 54.4 Å². The van der Waals surface area contributed by atoms with Crippen molar-refractivity contribution in [2.24, 2.45) is 17.3 Å². The molecule has 3 nitrogen and oxygen atoms in total. The summed E-state index contributed by atoms with van der Waals surface area (Å²) in [5.74, 6) is 3.39. The van der Waals surface area contributed by atoms with Gasteiger partial charge in [-0.25, -0.2) is 0 Å². The van der Waals surface area contributed by atoms with Crippen molar-refractivity contribution in [1.82, 2.24) is 4.90 Å². The van der Waals surface area contributed by atoms with E-state index < -0.39 is 0 Å². The normalized spacial score (nSPS) is 20.3. The van der Waals surface area contributed by atoms with Gasteiger partial charge in [0, 0.05) is 30.2 Å². The summed E-state index contributed by atoms with van der Waals surface area (Å²) in [6.45, 7) is 10.9. The maximum absolute atomic E-state index is 12.5. The molecule has 0 aliphatic carbocycles. The first-order chi connectivity index (χ1) is 11.8. The van der Waals surface area contributed by atoms with Crippen molar-refractivity contribution in [2.45, 2.75) is 51.9 Å². The number of hydrogen-bond acceptors (Lipinski definition) is 3. The third kappa shape index (κ3) is 6.25. The van der Waals surface area contributed by atoms with Gasteiger partial charge in [-0.1, -0.05) is 27.7 Å². The van der Waals surface area contributed by atoms with Crippen molar-refractivity contribution in [3.8, 4) is 5.75 Å². The van der Waals surface area contributed by atoms with Gasteiger partial charge in [-0.15, -0.1) is 11.8 Å². The van der Waals surface area contributed by atoms with Gasteiger partial charge in [0.1, 0.15) is 5.75 Å². The molecule has 0 unspecified atom stereocenters. The molecule has 4 heteroatoms. The summed E-state index contributed by atoms with van der Waals surface area (Å²) in [5, 5.41) is 0. The van der Waals surface area contributed by atoms with Gasteiger partial charge >= 0.3 is 0 Å². The number of ether oxygens (including phenoxy) is 1. The average Bonchev–Trinajstić information content (AvgIpc) is 2.75. The Bertz CT molecular complexity index is 550. The van der Waals surface area contributed by atoms with Crippen molar-refractivity contribution in [3.05, 3.63) is 24.3 Å². The predicted octanol–water partition coefficient (Wildman–Crippen LogP) is 5.10. The highest BCUT2D eigenvalue weighted by Crippen LogP contribution is 2.34.